The molecule has 0 fully saturated rings. The van der Waals surface area contributed by atoms with Crippen LogP contribution in [0.25, 0.3) is 0 Å². The van der Waals surface area contributed by atoms with Crippen LogP contribution in [0.3, 0.4) is 0 Å². The third-order valence-corrected chi connectivity index (χ3v) is 3.87. The third kappa shape index (κ3) is 6.09. The number of carbonyl (C=O) groups is 1. The number of aromatic nitrogens is 2. The predicted molar refractivity (Wildman–Crippen MR) is 98.2 cm³/mol. The monoisotopic (exact) mass is 339 g/mol. The van der Waals surface area contributed by atoms with Gasteiger partial charge in [0.1, 0.15) is 0 Å². The van der Waals surface area contributed by atoms with Gasteiger partial charge in [-0.25, -0.2) is 9.78 Å². The van der Waals surface area contributed by atoms with Gasteiger partial charge in [0.15, 0.2) is 6.10 Å². The maximum absolute atomic E-state index is 12.3. The molecule has 0 amide bonds. The first kappa shape index (κ1) is 18.8. The molecule has 0 saturated carbocycles. The molecule has 0 saturated heterocycles. The van der Waals surface area contributed by atoms with E-state index < -0.39 is 6.10 Å². The van der Waals surface area contributed by atoms with Crippen LogP contribution in [-0.2, 0) is 11.3 Å². The number of esters is 1. The molecule has 0 bridgehead atoms. The van der Waals surface area contributed by atoms with Crippen molar-refractivity contribution in [3.05, 3.63) is 54.1 Å². The molecule has 25 heavy (non-hydrogen) atoms. The number of carbonyl (C=O) groups excluding carboxylic acids is 1. The molecule has 0 aliphatic carbocycles. The van der Waals surface area contributed by atoms with Crippen molar-refractivity contribution < 1.29 is 9.53 Å². The zero-order valence-electron chi connectivity index (χ0n) is 15.1. The molecule has 2 rings (SSSR count). The van der Waals surface area contributed by atoms with Gasteiger partial charge in [-0.1, -0.05) is 37.8 Å². The number of hydrogen-bond donors (Lipinski definition) is 0. The van der Waals surface area contributed by atoms with Gasteiger partial charge in [0.25, 0.3) is 0 Å². The molecular formula is C20H25N3O2. The fourth-order valence-electron chi connectivity index (χ4n) is 2.39. The highest BCUT2D eigenvalue weighted by molar-refractivity contribution is 5.89. The lowest BCUT2D eigenvalue weighted by Crippen LogP contribution is -2.23. The Bertz CT molecular complexity index is 725. The lowest BCUT2D eigenvalue weighted by atomic mass is 10.1. The number of ether oxygens (including phenoxy) is 1. The van der Waals surface area contributed by atoms with Crippen molar-refractivity contribution in [2.45, 2.75) is 33.4 Å². The first-order chi connectivity index (χ1) is 12.1. The molecule has 5 nitrogen and oxygen atoms in total. The first-order valence-corrected chi connectivity index (χ1v) is 8.58. The summed E-state index contributed by atoms with van der Waals surface area (Å²) in [6.07, 6.45) is 4.94. The van der Waals surface area contributed by atoms with Crippen LogP contribution < -0.4 is 0 Å². The number of imidazole rings is 1. The fourth-order valence-corrected chi connectivity index (χ4v) is 2.39. The van der Waals surface area contributed by atoms with Gasteiger partial charge in [0, 0.05) is 18.9 Å². The normalized spacial score (nSPS) is 11.7. The van der Waals surface area contributed by atoms with Gasteiger partial charge in [-0.05, 0) is 37.7 Å². The molecule has 0 aliphatic heterocycles. The van der Waals surface area contributed by atoms with Crippen molar-refractivity contribution in [3.63, 3.8) is 0 Å². The van der Waals surface area contributed by atoms with Crippen LogP contribution in [0.15, 0.2) is 43.0 Å². The SMILES string of the molecule is CCN(CC)CC#C[C@@H](C)OC(=O)c1cccc(Cn2ccnc2)c1. The van der Waals surface area contributed by atoms with Gasteiger partial charge in [-0.3, -0.25) is 4.90 Å². The average molecular weight is 339 g/mol. The van der Waals surface area contributed by atoms with Crippen LogP contribution >= 0.6 is 0 Å². The second-order valence-corrected chi connectivity index (χ2v) is 5.77. The number of nitrogens with zero attached hydrogens (tertiary/aromatic N) is 3. The largest absolute Gasteiger partial charge is 0.446 e. The Labute approximate surface area is 149 Å². The summed E-state index contributed by atoms with van der Waals surface area (Å²) < 4.78 is 7.38. The van der Waals surface area contributed by atoms with Crippen LogP contribution in [0, 0.1) is 11.8 Å². The van der Waals surface area contributed by atoms with Crippen molar-refractivity contribution in [3.8, 4) is 11.8 Å². The molecule has 1 atom stereocenters. The van der Waals surface area contributed by atoms with E-state index in [1.54, 1.807) is 25.5 Å². The minimum absolute atomic E-state index is 0.350. The van der Waals surface area contributed by atoms with Crippen LogP contribution in [0.2, 0.25) is 0 Å². The highest BCUT2D eigenvalue weighted by atomic mass is 16.5. The Morgan fingerprint density at radius 3 is 2.84 bits per heavy atom. The number of hydrogen-bond acceptors (Lipinski definition) is 4. The van der Waals surface area contributed by atoms with E-state index in [0.29, 0.717) is 18.7 Å². The number of benzene rings is 1. The summed E-state index contributed by atoms with van der Waals surface area (Å²) in [5.74, 6) is 5.71. The van der Waals surface area contributed by atoms with Crippen LogP contribution in [0.4, 0.5) is 0 Å². The molecule has 0 radical (unpaired) electrons. The summed E-state index contributed by atoms with van der Waals surface area (Å²) in [7, 11) is 0. The summed E-state index contributed by atoms with van der Waals surface area (Å²) in [5.41, 5.74) is 1.56. The van der Waals surface area contributed by atoms with Crippen molar-refractivity contribution in [2.24, 2.45) is 0 Å². The maximum atomic E-state index is 12.3. The van der Waals surface area contributed by atoms with Gasteiger partial charge in [0.2, 0.25) is 0 Å². The Morgan fingerprint density at radius 1 is 1.36 bits per heavy atom. The summed E-state index contributed by atoms with van der Waals surface area (Å²) in [4.78, 5) is 18.5. The lowest BCUT2D eigenvalue weighted by molar-refractivity contribution is 0.0438. The second-order valence-electron chi connectivity index (χ2n) is 5.77. The molecular weight excluding hydrogens is 314 g/mol. The zero-order chi connectivity index (χ0) is 18.1. The van der Waals surface area contributed by atoms with E-state index in [1.807, 2.05) is 29.0 Å². The summed E-state index contributed by atoms with van der Waals surface area (Å²) in [6.45, 7) is 9.28. The van der Waals surface area contributed by atoms with Crippen LogP contribution in [-0.4, -0.2) is 46.2 Å². The van der Waals surface area contributed by atoms with Gasteiger partial charge < -0.3 is 9.30 Å². The van der Waals surface area contributed by atoms with E-state index in [4.69, 9.17) is 4.74 Å². The minimum atomic E-state index is -0.430. The van der Waals surface area contributed by atoms with E-state index in [-0.39, 0.29) is 5.97 Å². The number of rotatable bonds is 7. The van der Waals surface area contributed by atoms with Crippen LogP contribution in [0.1, 0.15) is 36.7 Å². The molecule has 0 N–H and O–H groups in total. The van der Waals surface area contributed by atoms with Gasteiger partial charge in [-0.2, -0.15) is 0 Å². The maximum Gasteiger partial charge on any atom is 0.339 e. The topological polar surface area (TPSA) is 47.4 Å². The third-order valence-electron chi connectivity index (χ3n) is 3.87. The Morgan fingerprint density at radius 2 is 2.16 bits per heavy atom. The average Bonchev–Trinajstić information content (AvgIpc) is 3.12. The highest BCUT2D eigenvalue weighted by Crippen LogP contribution is 2.09. The minimum Gasteiger partial charge on any atom is -0.446 e. The fraction of sp³-hybridized carbons (Fsp3) is 0.400. The van der Waals surface area contributed by atoms with E-state index >= 15 is 0 Å². The Kier molecular flexibility index (Phi) is 7.24. The van der Waals surface area contributed by atoms with Crippen molar-refractivity contribution in [1.29, 1.82) is 0 Å². The van der Waals surface area contributed by atoms with Gasteiger partial charge in [0.05, 0.1) is 18.4 Å². The van der Waals surface area contributed by atoms with Crippen LogP contribution in [0.5, 0.6) is 0 Å². The smallest absolute Gasteiger partial charge is 0.339 e. The zero-order valence-corrected chi connectivity index (χ0v) is 15.1. The molecule has 0 unspecified atom stereocenters. The molecule has 1 aromatic carbocycles. The molecule has 5 heteroatoms. The van der Waals surface area contributed by atoms with Gasteiger partial charge in [-0.15, -0.1) is 0 Å². The highest BCUT2D eigenvalue weighted by Gasteiger charge is 2.11. The quantitative estimate of drug-likeness (QED) is 0.575. The Hall–Kier alpha value is -2.58. The summed E-state index contributed by atoms with van der Waals surface area (Å²) in [5, 5.41) is 0. The van der Waals surface area contributed by atoms with E-state index in [0.717, 1.165) is 18.7 Å². The van der Waals surface area contributed by atoms with Crippen molar-refractivity contribution in [2.75, 3.05) is 19.6 Å². The molecule has 0 aliphatic rings. The first-order valence-electron chi connectivity index (χ1n) is 8.58. The predicted octanol–water partition coefficient (Wildman–Crippen LogP) is 2.82. The second kappa shape index (κ2) is 9.65. The van der Waals surface area contributed by atoms with Crippen molar-refractivity contribution in [1.82, 2.24) is 14.5 Å². The molecule has 132 valence electrons. The standard InChI is InChI=1S/C20H25N3O2/c1-4-22(5-2)12-7-8-17(3)25-20(24)19-10-6-9-18(14-19)15-23-13-11-21-16-23/h6,9-11,13-14,16-17H,4-5,12,15H2,1-3H3/t17-/m1/s1. The molecule has 1 aromatic heterocycles. The van der Waals surface area contributed by atoms with E-state index in [1.165, 1.54) is 0 Å². The molecule has 2 aromatic rings. The Balaban J connectivity index is 1.93. The van der Waals surface area contributed by atoms with Crippen molar-refractivity contribution >= 4 is 5.97 Å². The van der Waals surface area contributed by atoms with E-state index in [2.05, 4.69) is 35.6 Å². The summed E-state index contributed by atoms with van der Waals surface area (Å²) in [6, 6.07) is 7.44. The molecule has 0 spiro atoms. The summed E-state index contributed by atoms with van der Waals surface area (Å²) >= 11 is 0. The van der Waals surface area contributed by atoms with Gasteiger partial charge >= 0.3 is 5.97 Å². The van der Waals surface area contributed by atoms with E-state index in [9.17, 15) is 4.79 Å². The molecule has 1 heterocycles. The lowest BCUT2D eigenvalue weighted by Gasteiger charge is -2.13.